The lowest BCUT2D eigenvalue weighted by molar-refractivity contribution is -0.111. The minimum atomic E-state index is -0.886. The van der Waals surface area contributed by atoms with E-state index in [1.165, 1.54) is 12.1 Å². The molecule has 152 valence electrons. The molecular formula is C23H30FNO2S. The molecule has 3 atom stereocenters. The number of nitrogens with zero attached hydrogens (tertiary/aromatic N) is 1. The van der Waals surface area contributed by atoms with Crippen molar-refractivity contribution in [2.75, 3.05) is 20.6 Å². The normalized spacial score (nSPS) is 25.2. The van der Waals surface area contributed by atoms with Gasteiger partial charge in [0, 0.05) is 17.4 Å². The van der Waals surface area contributed by atoms with Crippen LogP contribution in [0.3, 0.4) is 0 Å². The maximum Gasteiger partial charge on any atom is 0.123 e. The van der Waals surface area contributed by atoms with Crippen molar-refractivity contribution >= 4 is 12.6 Å². The van der Waals surface area contributed by atoms with Gasteiger partial charge in [-0.1, -0.05) is 24.3 Å². The molecule has 1 fully saturated rings. The number of rotatable bonds is 6. The largest absolute Gasteiger partial charge is 0.385 e. The fourth-order valence-corrected chi connectivity index (χ4v) is 4.48. The van der Waals surface area contributed by atoms with Gasteiger partial charge in [-0.3, -0.25) is 0 Å². The molecular weight excluding hydrogens is 373 g/mol. The summed E-state index contributed by atoms with van der Waals surface area (Å²) in [6, 6.07) is 12.4. The number of hydrogen-bond donors (Lipinski definition) is 2. The topological polar surface area (TPSA) is 32.7 Å². The maximum atomic E-state index is 13.1. The van der Waals surface area contributed by atoms with Gasteiger partial charge in [0.15, 0.2) is 0 Å². The van der Waals surface area contributed by atoms with Gasteiger partial charge >= 0.3 is 0 Å². The van der Waals surface area contributed by atoms with Crippen molar-refractivity contribution in [3.05, 3.63) is 65.0 Å². The van der Waals surface area contributed by atoms with Gasteiger partial charge in [-0.2, -0.15) is 0 Å². The number of hydrogen-bond acceptors (Lipinski definition) is 4. The van der Waals surface area contributed by atoms with Crippen molar-refractivity contribution in [2.24, 2.45) is 5.92 Å². The highest BCUT2D eigenvalue weighted by atomic mass is 32.1. The van der Waals surface area contributed by atoms with Crippen LogP contribution < -0.4 is 0 Å². The summed E-state index contributed by atoms with van der Waals surface area (Å²) in [4.78, 5) is 3.03. The first-order valence-corrected chi connectivity index (χ1v) is 10.3. The molecule has 0 saturated heterocycles. The molecule has 0 aromatic heterocycles. The summed E-state index contributed by atoms with van der Waals surface area (Å²) in [6.07, 6.45) is 2.30. The highest BCUT2D eigenvalue weighted by Gasteiger charge is 2.44. The zero-order valence-electron chi connectivity index (χ0n) is 16.9. The number of aliphatic hydroxyl groups is 1. The Hall–Kier alpha value is -1.40. The third kappa shape index (κ3) is 4.77. The van der Waals surface area contributed by atoms with E-state index in [1.54, 1.807) is 12.1 Å². The highest BCUT2D eigenvalue weighted by molar-refractivity contribution is 7.80. The Balaban J connectivity index is 1.75. The number of ether oxygens (including phenoxy) is 1. The zero-order valence-corrected chi connectivity index (χ0v) is 17.8. The van der Waals surface area contributed by atoms with Gasteiger partial charge in [-0.25, -0.2) is 4.39 Å². The molecule has 0 radical (unpaired) electrons. The molecule has 2 aromatic rings. The van der Waals surface area contributed by atoms with Crippen LogP contribution in [0.5, 0.6) is 0 Å². The molecule has 1 aliphatic carbocycles. The van der Waals surface area contributed by atoms with Crippen molar-refractivity contribution in [2.45, 2.75) is 49.4 Å². The van der Waals surface area contributed by atoms with Crippen LogP contribution in [0.1, 0.15) is 36.0 Å². The van der Waals surface area contributed by atoms with E-state index < -0.39 is 5.60 Å². The molecule has 5 heteroatoms. The van der Waals surface area contributed by atoms with E-state index in [0.717, 1.165) is 41.0 Å². The fourth-order valence-electron chi connectivity index (χ4n) is 4.27. The zero-order chi connectivity index (χ0) is 20.3. The Morgan fingerprint density at radius 3 is 2.61 bits per heavy atom. The predicted octanol–water partition coefficient (Wildman–Crippen LogP) is 4.56. The molecule has 1 saturated carbocycles. The van der Waals surface area contributed by atoms with E-state index in [2.05, 4.69) is 17.5 Å². The summed E-state index contributed by atoms with van der Waals surface area (Å²) >= 11 is 4.55. The minimum Gasteiger partial charge on any atom is -0.385 e. The van der Waals surface area contributed by atoms with Crippen LogP contribution in [0.2, 0.25) is 0 Å². The van der Waals surface area contributed by atoms with Gasteiger partial charge in [0.05, 0.1) is 18.3 Å². The van der Waals surface area contributed by atoms with Crippen LogP contribution in [0.4, 0.5) is 4.39 Å². The van der Waals surface area contributed by atoms with Crippen molar-refractivity contribution in [1.82, 2.24) is 4.90 Å². The van der Waals surface area contributed by atoms with Crippen LogP contribution >= 0.6 is 12.6 Å². The fraction of sp³-hybridized carbons (Fsp3) is 0.478. The molecule has 0 aliphatic heterocycles. The monoisotopic (exact) mass is 403 g/mol. The second kappa shape index (κ2) is 8.95. The van der Waals surface area contributed by atoms with Crippen LogP contribution in [0.25, 0.3) is 0 Å². The second-order valence-electron chi connectivity index (χ2n) is 8.17. The van der Waals surface area contributed by atoms with Crippen LogP contribution in [-0.2, 0) is 16.9 Å². The van der Waals surface area contributed by atoms with Crippen molar-refractivity contribution < 1.29 is 14.2 Å². The van der Waals surface area contributed by atoms with Gasteiger partial charge in [0.1, 0.15) is 5.82 Å². The average Bonchev–Trinajstić information content (AvgIpc) is 2.65. The van der Waals surface area contributed by atoms with Gasteiger partial charge in [-0.15, -0.1) is 12.6 Å². The first-order chi connectivity index (χ1) is 13.3. The lowest BCUT2D eigenvalue weighted by atomic mass is 9.69. The third-order valence-corrected chi connectivity index (χ3v) is 6.31. The number of thiol groups is 1. The standard InChI is InChI=1S/C23H30FNO2S/c1-16-21(5-4-6-22(16)28)23(26)12-11-20(13-18(23)14-25(2)3)27-15-17-7-9-19(24)10-8-17/h4-10,18,20,26,28H,11-15H2,1-3H3. The third-order valence-electron chi connectivity index (χ3n) is 5.83. The smallest absolute Gasteiger partial charge is 0.123 e. The van der Waals surface area contributed by atoms with Gasteiger partial charge in [0.25, 0.3) is 0 Å². The number of halogens is 1. The minimum absolute atomic E-state index is 0.0586. The van der Waals surface area contributed by atoms with Crippen LogP contribution in [-0.4, -0.2) is 36.8 Å². The molecule has 3 unspecified atom stereocenters. The van der Waals surface area contributed by atoms with Crippen LogP contribution in [0, 0.1) is 18.7 Å². The average molecular weight is 404 g/mol. The number of benzene rings is 2. The van der Waals surface area contributed by atoms with E-state index in [0.29, 0.717) is 13.0 Å². The summed E-state index contributed by atoms with van der Waals surface area (Å²) in [5.74, 6) is -0.178. The first kappa shape index (κ1) is 21.3. The summed E-state index contributed by atoms with van der Waals surface area (Å²) in [5, 5.41) is 11.7. The molecule has 1 N–H and O–H groups in total. The molecule has 3 rings (SSSR count). The van der Waals surface area contributed by atoms with Crippen LogP contribution in [0.15, 0.2) is 47.4 Å². The summed E-state index contributed by atoms with van der Waals surface area (Å²) in [7, 11) is 4.07. The predicted molar refractivity (Wildman–Crippen MR) is 113 cm³/mol. The highest BCUT2D eigenvalue weighted by Crippen LogP contribution is 2.44. The van der Waals surface area contributed by atoms with Gasteiger partial charge in [0.2, 0.25) is 0 Å². The summed E-state index contributed by atoms with van der Waals surface area (Å²) in [5.41, 5.74) is 2.10. The molecule has 3 nitrogen and oxygen atoms in total. The Kier molecular flexibility index (Phi) is 6.81. The first-order valence-electron chi connectivity index (χ1n) is 9.82. The molecule has 28 heavy (non-hydrogen) atoms. The van der Waals surface area contributed by atoms with E-state index in [1.807, 2.05) is 39.2 Å². The van der Waals surface area contributed by atoms with Crippen molar-refractivity contribution in [1.29, 1.82) is 0 Å². The second-order valence-corrected chi connectivity index (χ2v) is 8.65. The lowest BCUT2D eigenvalue weighted by Crippen LogP contribution is -2.47. The molecule has 0 heterocycles. The van der Waals surface area contributed by atoms with E-state index in [9.17, 15) is 9.50 Å². The van der Waals surface area contributed by atoms with Gasteiger partial charge in [-0.05, 0) is 75.2 Å². The summed E-state index contributed by atoms with van der Waals surface area (Å²) in [6.45, 7) is 3.27. The van der Waals surface area contributed by atoms with Crippen molar-refractivity contribution in [3.63, 3.8) is 0 Å². The Morgan fingerprint density at radius 2 is 1.93 bits per heavy atom. The molecule has 2 aromatic carbocycles. The summed E-state index contributed by atoms with van der Waals surface area (Å²) < 4.78 is 19.2. The van der Waals surface area contributed by atoms with Crippen molar-refractivity contribution in [3.8, 4) is 0 Å². The van der Waals surface area contributed by atoms with E-state index >= 15 is 0 Å². The molecule has 0 amide bonds. The maximum absolute atomic E-state index is 13.1. The Labute approximate surface area is 172 Å². The molecule has 0 spiro atoms. The SMILES string of the molecule is Cc1c(S)cccc1C1(O)CCC(OCc2ccc(F)cc2)CC1CN(C)C. The molecule has 0 bridgehead atoms. The van der Waals surface area contributed by atoms with E-state index in [4.69, 9.17) is 4.74 Å². The Bertz CT molecular complexity index is 796. The lowest BCUT2D eigenvalue weighted by Gasteiger charge is -2.45. The van der Waals surface area contributed by atoms with E-state index in [-0.39, 0.29) is 17.8 Å². The Morgan fingerprint density at radius 1 is 1.21 bits per heavy atom. The molecule has 1 aliphatic rings. The quantitative estimate of drug-likeness (QED) is 0.694. The van der Waals surface area contributed by atoms with Gasteiger partial charge < -0.3 is 14.7 Å².